The Hall–Kier alpha value is -4.48. The lowest BCUT2D eigenvalue weighted by Gasteiger charge is -2.11. The highest BCUT2D eigenvalue weighted by molar-refractivity contribution is 6.05. The second-order valence-corrected chi connectivity index (χ2v) is 6.82. The van der Waals surface area contributed by atoms with Crippen molar-refractivity contribution in [2.45, 2.75) is 6.18 Å². The molecule has 176 valence electrons. The third-order valence-electron chi connectivity index (χ3n) is 4.34. The molecule has 0 aliphatic rings. The van der Waals surface area contributed by atoms with Gasteiger partial charge in [0.25, 0.3) is 17.5 Å². The maximum Gasteiger partial charge on any atom is 0.416 e. The van der Waals surface area contributed by atoms with Crippen LogP contribution < -0.4 is 15.4 Å². The highest BCUT2D eigenvalue weighted by Crippen LogP contribution is 2.30. The maximum atomic E-state index is 13.8. The summed E-state index contributed by atoms with van der Waals surface area (Å²) in [5.74, 6) is -2.81. The van der Waals surface area contributed by atoms with Crippen LogP contribution in [0.15, 0.2) is 66.7 Å². The van der Waals surface area contributed by atoms with Crippen molar-refractivity contribution in [1.82, 2.24) is 0 Å². The van der Waals surface area contributed by atoms with Gasteiger partial charge in [-0.25, -0.2) is 4.39 Å². The summed E-state index contributed by atoms with van der Waals surface area (Å²) in [5.41, 5.74) is -1.23. The van der Waals surface area contributed by atoms with Crippen molar-refractivity contribution in [2.24, 2.45) is 0 Å². The summed E-state index contributed by atoms with van der Waals surface area (Å²) in [6.45, 7) is -0.630. The van der Waals surface area contributed by atoms with Crippen molar-refractivity contribution >= 4 is 28.9 Å². The Morgan fingerprint density at radius 2 is 1.62 bits per heavy atom. The van der Waals surface area contributed by atoms with Crippen LogP contribution in [-0.2, 0) is 11.0 Å². The fourth-order valence-corrected chi connectivity index (χ4v) is 2.78. The molecule has 0 unspecified atom stereocenters. The van der Waals surface area contributed by atoms with Crippen LogP contribution in [0.5, 0.6) is 5.75 Å². The van der Waals surface area contributed by atoms with Crippen LogP contribution in [0, 0.1) is 15.9 Å². The molecule has 0 aliphatic carbocycles. The minimum Gasteiger partial charge on any atom is -0.481 e. The third kappa shape index (κ3) is 6.28. The molecule has 0 saturated carbocycles. The number of nitrogens with one attached hydrogen (secondary N) is 2. The van der Waals surface area contributed by atoms with Crippen LogP contribution in [0.2, 0.25) is 0 Å². The van der Waals surface area contributed by atoms with Crippen molar-refractivity contribution in [2.75, 3.05) is 17.2 Å². The molecule has 3 rings (SSSR count). The van der Waals surface area contributed by atoms with Gasteiger partial charge < -0.3 is 15.4 Å². The zero-order valence-corrected chi connectivity index (χ0v) is 17.1. The molecule has 0 bridgehead atoms. The van der Waals surface area contributed by atoms with E-state index >= 15 is 0 Å². The van der Waals surface area contributed by atoms with Gasteiger partial charge in [0.1, 0.15) is 0 Å². The van der Waals surface area contributed by atoms with Gasteiger partial charge >= 0.3 is 6.18 Å². The lowest BCUT2D eigenvalue weighted by Crippen LogP contribution is -2.21. The highest BCUT2D eigenvalue weighted by atomic mass is 19.4. The predicted molar refractivity (Wildman–Crippen MR) is 113 cm³/mol. The van der Waals surface area contributed by atoms with Gasteiger partial charge in [-0.1, -0.05) is 12.1 Å². The van der Waals surface area contributed by atoms with Crippen LogP contribution in [0.1, 0.15) is 15.9 Å². The van der Waals surface area contributed by atoms with E-state index < -0.39 is 46.6 Å². The van der Waals surface area contributed by atoms with Crippen molar-refractivity contribution in [3.05, 3.63) is 93.8 Å². The Labute approximate surface area is 189 Å². The lowest BCUT2D eigenvalue weighted by molar-refractivity contribution is -0.385. The standard InChI is InChI=1S/C22H15F4N3O5/c23-18-11-17(29(32)33)7-8-19(18)34-12-20(30)27-15-5-1-3-13(9-15)21(31)28-16-6-2-4-14(10-16)22(24,25)26/h1-11H,12H2,(H,27,30)(H,28,31). The molecule has 12 heteroatoms. The Balaban J connectivity index is 1.61. The Morgan fingerprint density at radius 3 is 2.26 bits per heavy atom. The van der Waals surface area contributed by atoms with Crippen molar-refractivity contribution in [3.63, 3.8) is 0 Å². The number of nitro benzene ring substituents is 1. The van der Waals surface area contributed by atoms with Gasteiger partial charge in [-0.15, -0.1) is 0 Å². The maximum absolute atomic E-state index is 13.8. The summed E-state index contributed by atoms with van der Waals surface area (Å²) >= 11 is 0. The lowest BCUT2D eigenvalue weighted by atomic mass is 10.1. The molecule has 3 aromatic rings. The number of benzene rings is 3. The molecule has 8 nitrogen and oxygen atoms in total. The van der Waals surface area contributed by atoms with Gasteiger partial charge in [0.2, 0.25) is 0 Å². The van der Waals surface area contributed by atoms with E-state index in [1.54, 1.807) is 0 Å². The number of nitrogens with zero attached hydrogens (tertiary/aromatic N) is 1. The number of ether oxygens (including phenoxy) is 1. The fraction of sp³-hybridized carbons (Fsp3) is 0.0909. The van der Waals surface area contributed by atoms with Crippen LogP contribution in [0.3, 0.4) is 0 Å². The number of alkyl halides is 3. The average Bonchev–Trinajstić information content (AvgIpc) is 2.78. The number of hydrogen-bond donors (Lipinski definition) is 2. The summed E-state index contributed by atoms with van der Waals surface area (Å²) < 4.78 is 57.4. The first-order valence-corrected chi connectivity index (χ1v) is 9.48. The number of hydrogen-bond acceptors (Lipinski definition) is 5. The zero-order valence-electron chi connectivity index (χ0n) is 17.1. The van der Waals surface area contributed by atoms with E-state index in [1.807, 2.05) is 0 Å². The van der Waals surface area contributed by atoms with E-state index in [1.165, 1.54) is 30.3 Å². The highest BCUT2D eigenvalue weighted by Gasteiger charge is 2.30. The number of halogens is 4. The summed E-state index contributed by atoms with van der Waals surface area (Å²) in [6, 6.07) is 12.4. The Bertz CT molecular complexity index is 1250. The third-order valence-corrected chi connectivity index (χ3v) is 4.34. The number of amides is 2. The van der Waals surface area contributed by atoms with Gasteiger partial charge in [-0.2, -0.15) is 13.2 Å². The monoisotopic (exact) mass is 477 g/mol. The predicted octanol–water partition coefficient (Wildman–Crippen LogP) is 5.02. The number of carbonyl (C=O) groups excluding carboxylic acids is 2. The molecular weight excluding hydrogens is 462 g/mol. The summed E-state index contributed by atoms with van der Waals surface area (Å²) in [6.07, 6.45) is -4.57. The second kappa shape index (κ2) is 9.98. The quantitative estimate of drug-likeness (QED) is 0.282. The topological polar surface area (TPSA) is 111 Å². The molecular formula is C22H15F4N3O5. The molecule has 0 radical (unpaired) electrons. The van der Waals surface area contributed by atoms with Crippen molar-refractivity contribution in [1.29, 1.82) is 0 Å². The first-order valence-electron chi connectivity index (χ1n) is 9.48. The Morgan fingerprint density at radius 1 is 0.941 bits per heavy atom. The first-order chi connectivity index (χ1) is 16.0. The zero-order chi connectivity index (χ0) is 24.9. The van der Waals surface area contributed by atoms with Crippen molar-refractivity contribution < 1.29 is 36.8 Å². The first kappa shape index (κ1) is 24.2. The molecule has 0 spiro atoms. The smallest absolute Gasteiger partial charge is 0.416 e. The largest absolute Gasteiger partial charge is 0.481 e. The van der Waals surface area contributed by atoms with Gasteiger partial charge in [-0.3, -0.25) is 19.7 Å². The molecule has 0 atom stereocenters. The molecule has 0 heterocycles. The molecule has 0 saturated heterocycles. The average molecular weight is 477 g/mol. The van der Waals surface area contributed by atoms with Crippen LogP contribution >= 0.6 is 0 Å². The summed E-state index contributed by atoms with van der Waals surface area (Å²) in [4.78, 5) is 34.4. The molecule has 0 aliphatic heterocycles. The molecule has 2 amide bonds. The normalized spacial score (nSPS) is 10.9. The number of rotatable bonds is 7. The molecule has 3 aromatic carbocycles. The van der Waals surface area contributed by atoms with Crippen molar-refractivity contribution in [3.8, 4) is 5.75 Å². The van der Waals surface area contributed by atoms with Crippen LogP contribution in [-0.4, -0.2) is 23.3 Å². The van der Waals surface area contributed by atoms with Gasteiger partial charge in [0, 0.05) is 23.0 Å². The van der Waals surface area contributed by atoms with Crippen LogP contribution in [0.4, 0.5) is 34.6 Å². The SMILES string of the molecule is O=C(COc1ccc([N+](=O)[O-])cc1F)Nc1cccc(C(=O)Nc2cccc(C(F)(F)F)c2)c1. The molecule has 0 aromatic heterocycles. The molecule has 34 heavy (non-hydrogen) atoms. The van der Waals surface area contributed by atoms with E-state index in [2.05, 4.69) is 10.6 Å². The van der Waals surface area contributed by atoms with E-state index in [0.29, 0.717) is 6.07 Å². The minimum absolute atomic E-state index is 0.0533. The summed E-state index contributed by atoms with van der Waals surface area (Å²) in [5, 5.41) is 15.4. The number of non-ortho nitro benzene ring substituents is 1. The van der Waals surface area contributed by atoms with E-state index in [-0.39, 0.29) is 22.7 Å². The van der Waals surface area contributed by atoms with E-state index in [9.17, 15) is 37.3 Å². The number of nitro groups is 1. The fourth-order valence-electron chi connectivity index (χ4n) is 2.78. The van der Waals surface area contributed by atoms with Crippen LogP contribution in [0.25, 0.3) is 0 Å². The number of anilines is 2. The van der Waals surface area contributed by atoms with Gasteiger partial charge in [0.05, 0.1) is 16.6 Å². The summed E-state index contributed by atoms with van der Waals surface area (Å²) in [7, 11) is 0. The van der Waals surface area contributed by atoms with E-state index in [0.717, 1.165) is 30.3 Å². The molecule has 0 fully saturated rings. The number of carbonyl (C=O) groups is 2. The van der Waals surface area contributed by atoms with Gasteiger partial charge in [0.15, 0.2) is 18.2 Å². The molecule has 2 N–H and O–H groups in total. The Kier molecular flexibility index (Phi) is 7.09. The van der Waals surface area contributed by atoms with E-state index in [4.69, 9.17) is 4.74 Å². The second-order valence-electron chi connectivity index (χ2n) is 6.82. The van der Waals surface area contributed by atoms with Gasteiger partial charge in [-0.05, 0) is 42.5 Å². The minimum atomic E-state index is -4.57.